The standard InChI is InChI=1S/C15H20BrNO/c16-13-4-1-3-11(7-13)12-8-15(9-12)17-14-5-2-6-18-10-14/h1,3-4,7,12,14-15,17H,2,5-6,8-10H2. The Labute approximate surface area is 117 Å². The molecule has 1 aromatic carbocycles. The van der Waals surface area contributed by atoms with Gasteiger partial charge in [0.2, 0.25) is 0 Å². The molecule has 1 aliphatic heterocycles. The van der Waals surface area contributed by atoms with Gasteiger partial charge in [-0.2, -0.15) is 0 Å². The van der Waals surface area contributed by atoms with E-state index < -0.39 is 0 Å². The number of halogens is 1. The second-order valence-corrected chi connectivity index (χ2v) is 6.42. The second-order valence-electron chi connectivity index (χ2n) is 5.50. The van der Waals surface area contributed by atoms with Gasteiger partial charge in [0.15, 0.2) is 0 Å². The van der Waals surface area contributed by atoms with Gasteiger partial charge in [-0.3, -0.25) is 0 Å². The lowest BCUT2D eigenvalue weighted by Crippen LogP contribution is -2.48. The monoisotopic (exact) mass is 309 g/mol. The molecule has 2 fully saturated rings. The van der Waals surface area contributed by atoms with Gasteiger partial charge in [-0.05, 0) is 49.3 Å². The highest BCUT2D eigenvalue weighted by atomic mass is 79.9. The first-order valence-electron chi connectivity index (χ1n) is 6.90. The quantitative estimate of drug-likeness (QED) is 0.923. The summed E-state index contributed by atoms with van der Waals surface area (Å²) in [5.41, 5.74) is 1.47. The van der Waals surface area contributed by atoms with Crippen LogP contribution in [0.1, 0.15) is 37.2 Å². The summed E-state index contributed by atoms with van der Waals surface area (Å²) in [6.45, 7) is 1.85. The number of hydrogen-bond acceptors (Lipinski definition) is 2. The molecule has 1 N–H and O–H groups in total. The molecule has 2 aliphatic rings. The van der Waals surface area contributed by atoms with E-state index in [4.69, 9.17) is 4.74 Å². The number of rotatable bonds is 3. The van der Waals surface area contributed by atoms with Gasteiger partial charge in [0.05, 0.1) is 6.61 Å². The first kappa shape index (κ1) is 12.6. The third kappa shape index (κ3) is 2.95. The average Bonchev–Trinajstić information content (AvgIpc) is 2.34. The molecule has 0 amide bonds. The fourth-order valence-corrected chi connectivity index (χ4v) is 3.41. The molecule has 0 spiro atoms. The molecule has 18 heavy (non-hydrogen) atoms. The first-order valence-corrected chi connectivity index (χ1v) is 7.70. The van der Waals surface area contributed by atoms with E-state index in [1.807, 2.05) is 0 Å². The molecule has 0 bridgehead atoms. The third-order valence-electron chi connectivity index (χ3n) is 4.09. The van der Waals surface area contributed by atoms with Crippen molar-refractivity contribution in [3.05, 3.63) is 34.3 Å². The molecule has 3 rings (SSSR count). The third-order valence-corrected chi connectivity index (χ3v) is 4.58. The molecule has 0 aromatic heterocycles. The Morgan fingerprint density at radius 1 is 1.22 bits per heavy atom. The second kappa shape index (κ2) is 5.72. The van der Waals surface area contributed by atoms with Gasteiger partial charge in [-0.15, -0.1) is 0 Å². The van der Waals surface area contributed by atoms with Crippen molar-refractivity contribution in [2.24, 2.45) is 0 Å². The molecular weight excluding hydrogens is 290 g/mol. The van der Waals surface area contributed by atoms with Crippen molar-refractivity contribution in [3.8, 4) is 0 Å². The van der Waals surface area contributed by atoms with Gasteiger partial charge in [-0.25, -0.2) is 0 Å². The molecule has 2 nitrogen and oxygen atoms in total. The van der Waals surface area contributed by atoms with Crippen LogP contribution in [0.3, 0.4) is 0 Å². The largest absolute Gasteiger partial charge is 0.380 e. The van der Waals surface area contributed by atoms with Gasteiger partial charge < -0.3 is 10.1 Å². The predicted octanol–water partition coefficient (Wildman–Crippen LogP) is 3.46. The highest BCUT2D eigenvalue weighted by Crippen LogP contribution is 2.38. The van der Waals surface area contributed by atoms with Crippen LogP contribution in [0.2, 0.25) is 0 Å². The summed E-state index contributed by atoms with van der Waals surface area (Å²) in [5, 5.41) is 3.73. The molecule has 98 valence electrons. The van der Waals surface area contributed by atoms with Crippen LogP contribution in [-0.4, -0.2) is 25.3 Å². The maximum Gasteiger partial charge on any atom is 0.0619 e. The molecule has 1 aliphatic carbocycles. The fraction of sp³-hybridized carbons (Fsp3) is 0.600. The van der Waals surface area contributed by atoms with E-state index in [1.54, 1.807) is 0 Å². The Balaban J connectivity index is 1.48. The fourth-order valence-electron chi connectivity index (χ4n) is 2.99. The van der Waals surface area contributed by atoms with Crippen molar-refractivity contribution in [3.63, 3.8) is 0 Å². The van der Waals surface area contributed by atoms with Crippen LogP contribution in [0.4, 0.5) is 0 Å². The van der Waals surface area contributed by atoms with E-state index >= 15 is 0 Å². The number of nitrogens with one attached hydrogen (secondary N) is 1. The smallest absolute Gasteiger partial charge is 0.0619 e. The molecule has 1 saturated heterocycles. The SMILES string of the molecule is Brc1cccc(C2CC(NC3CCCOC3)C2)c1. The predicted molar refractivity (Wildman–Crippen MR) is 76.9 cm³/mol. The zero-order valence-electron chi connectivity index (χ0n) is 10.6. The highest BCUT2D eigenvalue weighted by Gasteiger charge is 2.32. The van der Waals surface area contributed by atoms with Gasteiger partial charge in [0.1, 0.15) is 0 Å². The van der Waals surface area contributed by atoms with E-state index in [0.717, 1.165) is 19.1 Å². The van der Waals surface area contributed by atoms with Crippen molar-refractivity contribution in [2.45, 2.75) is 43.7 Å². The van der Waals surface area contributed by atoms with Crippen LogP contribution in [0.5, 0.6) is 0 Å². The van der Waals surface area contributed by atoms with Crippen LogP contribution in [0, 0.1) is 0 Å². The maximum absolute atomic E-state index is 5.51. The zero-order valence-corrected chi connectivity index (χ0v) is 12.2. The van der Waals surface area contributed by atoms with Crippen molar-refractivity contribution in [1.82, 2.24) is 5.32 Å². The average molecular weight is 310 g/mol. The Bertz CT molecular complexity index is 397. The van der Waals surface area contributed by atoms with Crippen LogP contribution >= 0.6 is 15.9 Å². The molecular formula is C15H20BrNO. The van der Waals surface area contributed by atoms with E-state index in [0.29, 0.717) is 12.1 Å². The Morgan fingerprint density at radius 2 is 2.11 bits per heavy atom. The van der Waals surface area contributed by atoms with Crippen LogP contribution in [0.15, 0.2) is 28.7 Å². The van der Waals surface area contributed by atoms with Gasteiger partial charge in [0.25, 0.3) is 0 Å². The molecule has 1 unspecified atom stereocenters. The van der Waals surface area contributed by atoms with E-state index in [9.17, 15) is 0 Å². The van der Waals surface area contributed by atoms with E-state index in [-0.39, 0.29) is 0 Å². The Hall–Kier alpha value is -0.380. The lowest BCUT2D eigenvalue weighted by atomic mass is 9.75. The molecule has 3 heteroatoms. The molecule has 1 saturated carbocycles. The molecule has 0 radical (unpaired) electrons. The lowest BCUT2D eigenvalue weighted by molar-refractivity contribution is 0.0600. The minimum atomic E-state index is 0.590. The minimum Gasteiger partial charge on any atom is -0.380 e. The summed E-state index contributed by atoms with van der Waals surface area (Å²) in [5.74, 6) is 0.740. The van der Waals surface area contributed by atoms with Crippen molar-refractivity contribution >= 4 is 15.9 Å². The van der Waals surface area contributed by atoms with Gasteiger partial charge in [0, 0.05) is 23.2 Å². The Morgan fingerprint density at radius 3 is 2.83 bits per heavy atom. The summed E-state index contributed by atoms with van der Waals surface area (Å²) in [6, 6.07) is 10.0. The number of ether oxygens (including phenoxy) is 1. The van der Waals surface area contributed by atoms with Crippen LogP contribution in [-0.2, 0) is 4.74 Å². The van der Waals surface area contributed by atoms with Crippen molar-refractivity contribution in [2.75, 3.05) is 13.2 Å². The summed E-state index contributed by atoms with van der Waals surface area (Å²) < 4.78 is 6.70. The highest BCUT2D eigenvalue weighted by molar-refractivity contribution is 9.10. The minimum absolute atomic E-state index is 0.590. The summed E-state index contributed by atoms with van der Waals surface area (Å²) in [7, 11) is 0. The molecule has 1 heterocycles. The maximum atomic E-state index is 5.51. The summed E-state index contributed by atoms with van der Waals surface area (Å²) >= 11 is 3.55. The zero-order chi connectivity index (χ0) is 12.4. The number of hydrogen-bond donors (Lipinski definition) is 1. The Kier molecular flexibility index (Phi) is 4.02. The topological polar surface area (TPSA) is 21.3 Å². The van der Waals surface area contributed by atoms with E-state index in [2.05, 4.69) is 45.5 Å². The van der Waals surface area contributed by atoms with Crippen molar-refractivity contribution < 1.29 is 4.74 Å². The first-order chi connectivity index (χ1) is 8.81. The van der Waals surface area contributed by atoms with Crippen molar-refractivity contribution in [1.29, 1.82) is 0 Å². The lowest BCUT2D eigenvalue weighted by Gasteiger charge is -2.39. The summed E-state index contributed by atoms with van der Waals surface area (Å²) in [4.78, 5) is 0. The van der Waals surface area contributed by atoms with Crippen LogP contribution < -0.4 is 5.32 Å². The van der Waals surface area contributed by atoms with Gasteiger partial charge >= 0.3 is 0 Å². The molecule has 1 aromatic rings. The van der Waals surface area contributed by atoms with Crippen LogP contribution in [0.25, 0.3) is 0 Å². The number of benzene rings is 1. The van der Waals surface area contributed by atoms with Gasteiger partial charge in [-0.1, -0.05) is 28.1 Å². The normalized spacial score (nSPS) is 31.9. The summed E-state index contributed by atoms with van der Waals surface area (Å²) in [6.07, 6.45) is 5.03. The van der Waals surface area contributed by atoms with E-state index in [1.165, 1.54) is 35.7 Å². The molecule has 1 atom stereocenters.